The van der Waals surface area contributed by atoms with Crippen molar-refractivity contribution < 1.29 is 4.74 Å². The third-order valence-corrected chi connectivity index (χ3v) is 2.56. The van der Waals surface area contributed by atoms with Crippen molar-refractivity contribution >= 4 is 5.96 Å². The fourth-order valence-electron chi connectivity index (χ4n) is 1.48. The highest BCUT2D eigenvalue weighted by atomic mass is 16.5. The molecule has 4 heteroatoms. The van der Waals surface area contributed by atoms with Crippen LogP contribution in [0.3, 0.4) is 0 Å². The molecule has 0 rings (SSSR count). The zero-order chi connectivity index (χ0) is 13.5. The number of nitrogens with one attached hydrogen (secondary N) is 2. The van der Waals surface area contributed by atoms with Gasteiger partial charge in [0, 0.05) is 26.2 Å². The molecular weight excluding hydrogens is 226 g/mol. The van der Waals surface area contributed by atoms with E-state index in [1.807, 2.05) is 0 Å². The van der Waals surface area contributed by atoms with E-state index in [0.29, 0.717) is 0 Å². The molecule has 0 heterocycles. The van der Waals surface area contributed by atoms with Crippen molar-refractivity contribution in [1.82, 2.24) is 10.6 Å². The zero-order valence-electron chi connectivity index (χ0n) is 12.4. The molecule has 0 fully saturated rings. The summed E-state index contributed by atoms with van der Waals surface area (Å²) in [6.45, 7) is 10.7. The number of guanidine groups is 1. The second-order valence-corrected chi connectivity index (χ2v) is 4.36. The van der Waals surface area contributed by atoms with Gasteiger partial charge in [-0.3, -0.25) is 4.99 Å². The first-order valence-corrected chi connectivity index (χ1v) is 7.45. The summed E-state index contributed by atoms with van der Waals surface area (Å²) in [4.78, 5) is 4.52. The number of aliphatic imine (C=N–C) groups is 1. The monoisotopic (exact) mass is 257 g/mol. The molecule has 0 aromatic rings. The van der Waals surface area contributed by atoms with Crippen LogP contribution >= 0.6 is 0 Å². The van der Waals surface area contributed by atoms with Gasteiger partial charge in [-0.25, -0.2) is 0 Å². The summed E-state index contributed by atoms with van der Waals surface area (Å²) in [5.74, 6) is 0.910. The lowest BCUT2D eigenvalue weighted by atomic mass is 10.2. The number of hydrogen-bond donors (Lipinski definition) is 2. The topological polar surface area (TPSA) is 45.7 Å². The van der Waals surface area contributed by atoms with Crippen LogP contribution in [0, 0.1) is 0 Å². The quantitative estimate of drug-likeness (QED) is 0.340. The second kappa shape index (κ2) is 14.3. The highest BCUT2D eigenvalue weighted by Gasteiger charge is 1.96. The van der Waals surface area contributed by atoms with E-state index in [2.05, 4.69) is 36.4 Å². The molecule has 2 N–H and O–H groups in total. The van der Waals surface area contributed by atoms with E-state index in [1.54, 1.807) is 0 Å². The summed E-state index contributed by atoms with van der Waals surface area (Å²) >= 11 is 0. The van der Waals surface area contributed by atoms with Gasteiger partial charge < -0.3 is 15.4 Å². The fourth-order valence-corrected chi connectivity index (χ4v) is 1.48. The lowest BCUT2D eigenvalue weighted by Crippen LogP contribution is -2.39. The van der Waals surface area contributed by atoms with E-state index >= 15 is 0 Å². The van der Waals surface area contributed by atoms with Crippen LogP contribution in [0.2, 0.25) is 0 Å². The predicted octanol–water partition coefficient (Wildman–Crippen LogP) is 2.55. The Labute approximate surface area is 113 Å². The van der Waals surface area contributed by atoms with Crippen LogP contribution in [-0.2, 0) is 4.74 Å². The largest absolute Gasteiger partial charge is 0.380 e. The van der Waals surface area contributed by atoms with Gasteiger partial charge in [-0.05, 0) is 19.8 Å². The molecule has 0 radical (unpaired) electrons. The van der Waals surface area contributed by atoms with Crippen molar-refractivity contribution in [3.05, 3.63) is 0 Å². The molecule has 0 saturated carbocycles. The molecule has 0 saturated heterocycles. The van der Waals surface area contributed by atoms with Crippen molar-refractivity contribution in [2.45, 2.75) is 52.9 Å². The van der Waals surface area contributed by atoms with Crippen LogP contribution in [-0.4, -0.2) is 38.8 Å². The first-order valence-electron chi connectivity index (χ1n) is 7.45. The minimum absolute atomic E-state index is 0.749. The maximum Gasteiger partial charge on any atom is 0.191 e. The Balaban J connectivity index is 3.61. The Hall–Kier alpha value is -0.770. The third-order valence-electron chi connectivity index (χ3n) is 2.56. The van der Waals surface area contributed by atoms with Crippen LogP contribution in [0.15, 0.2) is 4.99 Å². The van der Waals surface area contributed by atoms with E-state index < -0.39 is 0 Å². The highest BCUT2D eigenvalue weighted by molar-refractivity contribution is 5.79. The first-order chi connectivity index (χ1) is 8.85. The van der Waals surface area contributed by atoms with Crippen LogP contribution in [0.4, 0.5) is 0 Å². The molecule has 0 atom stereocenters. The number of ether oxygens (including phenoxy) is 1. The van der Waals surface area contributed by atoms with Crippen LogP contribution < -0.4 is 10.6 Å². The Morgan fingerprint density at radius 2 is 1.72 bits per heavy atom. The van der Waals surface area contributed by atoms with Crippen molar-refractivity contribution in [1.29, 1.82) is 0 Å². The number of rotatable bonds is 11. The zero-order valence-corrected chi connectivity index (χ0v) is 12.4. The minimum atomic E-state index is 0.749. The smallest absolute Gasteiger partial charge is 0.191 e. The minimum Gasteiger partial charge on any atom is -0.380 e. The molecule has 0 aromatic carbocycles. The van der Waals surface area contributed by atoms with E-state index in [9.17, 15) is 0 Å². The summed E-state index contributed by atoms with van der Waals surface area (Å²) < 4.78 is 5.50. The van der Waals surface area contributed by atoms with Gasteiger partial charge in [0.2, 0.25) is 0 Å². The first kappa shape index (κ1) is 17.2. The van der Waals surface area contributed by atoms with Gasteiger partial charge in [0.15, 0.2) is 5.96 Å². The lowest BCUT2D eigenvalue weighted by molar-refractivity contribution is 0.136. The number of unbranched alkanes of at least 4 members (excludes halogenated alkanes) is 3. The average Bonchev–Trinajstić information content (AvgIpc) is 2.38. The Bertz CT molecular complexity index is 195. The Morgan fingerprint density at radius 3 is 2.39 bits per heavy atom. The summed E-state index contributed by atoms with van der Waals surface area (Å²) in [5.41, 5.74) is 0. The van der Waals surface area contributed by atoms with E-state index in [-0.39, 0.29) is 0 Å². The summed E-state index contributed by atoms with van der Waals surface area (Å²) in [6.07, 6.45) is 5.99. The second-order valence-electron chi connectivity index (χ2n) is 4.36. The maximum atomic E-state index is 5.50. The van der Waals surface area contributed by atoms with Gasteiger partial charge in [0.25, 0.3) is 0 Å². The summed E-state index contributed by atoms with van der Waals surface area (Å²) in [5, 5.41) is 6.53. The van der Waals surface area contributed by atoms with Gasteiger partial charge in [-0.2, -0.15) is 0 Å². The van der Waals surface area contributed by atoms with Crippen molar-refractivity contribution in [3.8, 4) is 0 Å². The van der Waals surface area contributed by atoms with Crippen LogP contribution in [0.1, 0.15) is 52.9 Å². The average molecular weight is 257 g/mol. The molecule has 0 bridgehead atoms. The van der Waals surface area contributed by atoms with Crippen molar-refractivity contribution in [2.24, 2.45) is 4.99 Å². The molecule has 0 aliphatic heterocycles. The van der Waals surface area contributed by atoms with Gasteiger partial charge in [-0.1, -0.05) is 33.1 Å². The van der Waals surface area contributed by atoms with E-state index in [0.717, 1.165) is 45.2 Å². The number of nitrogens with zero attached hydrogens (tertiary/aromatic N) is 1. The SMILES string of the molecule is CCCCCN=C(NCC)NCCOCCCC. The Kier molecular flexibility index (Phi) is 13.7. The molecular formula is C14H31N3O. The molecule has 0 aromatic heterocycles. The highest BCUT2D eigenvalue weighted by Crippen LogP contribution is 1.93. The molecule has 4 nitrogen and oxygen atoms in total. The fraction of sp³-hybridized carbons (Fsp3) is 0.929. The van der Waals surface area contributed by atoms with Crippen molar-refractivity contribution in [2.75, 3.05) is 32.8 Å². The predicted molar refractivity (Wildman–Crippen MR) is 79.2 cm³/mol. The third kappa shape index (κ3) is 11.7. The summed E-state index contributed by atoms with van der Waals surface area (Å²) in [7, 11) is 0. The van der Waals surface area contributed by atoms with E-state index in [4.69, 9.17) is 4.74 Å². The van der Waals surface area contributed by atoms with Gasteiger partial charge >= 0.3 is 0 Å². The molecule has 0 aliphatic rings. The lowest BCUT2D eigenvalue weighted by Gasteiger charge is -2.11. The summed E-state index contributed by atoms with van der Waals surface area (Å²) in [6, 6.07) is 0. The van der Waals surface area contributed by atoms with Gasteiger partial charge in [0.05, 0.1) is 6.61 Å². The number of hydrogen-bond acceptors (Lipinski definition) is 2. The Morgan fingerprint density at radius 1 is 0.944 bits per heavy atom. The molecule has 18 heavy (non-hydrogen) atoms. The molecule has 0 amide bonds. The van der Waals surface area contributed by atoms with Crippen LogP contribution in [0.5, 0.6) is 0 Å². The van der Waals surface area contributed by atoms with Gasteiger partial charge in [-0.15, -0.1) is 0 Å². The standard InChI is InChI=1S/C14H31N3O/c1-4-7-9-10-16-14(15-6-3)17-11-13-18-12-8-5-2/h4-13H2,1-3H3,(H2,15,16,17). The maximum absolute atomic E-state index is 5.50. The van der Waals surface area contributed by atoms with Crippen molar-refractivity contribution in [3.63, 3.8) is 0 Å². The molecule has 108 valence electrons. The van der Waals surface area contributed by atoms with Crippen LogP contribution in [0.25, 0.3) is 0 Å². The molecule has 0 unspecified atom stereocenters. The normalized spacial score (nSPS) is 11.6. The van der Waals surface area contributed by atoms with E-state index in [1.165, 1.54) is 25.7 Å². The van der Waals surface area contributed by atoms with Gasteiger partial charge in [0.1, 0.15) is 0 Å². The molecule has 0 spiro atoms. The molecule has 0 aliphatic carbocycles.